The predicted molar refractivity (Wildman–Crippen MR) is 79.9 cm³/mol. The highest BCUT2D eigenvalue weighted by molar-refractivity contribution is 6.31. The van der Waals surface area contributed by atoms with Gasteiger partial charge in [-0.2, -0.15) is 0 Å². The van der Waals surface area contributed by atoms with Gasteiger partial charge in [-0.15, -0.1) is 0 Å². The molecule has 0 spiro atoms. The summed E-state index contributed by atoms with van der Waals surface area (Å²) in [5.74, 6) is -0.361. The number of fused-ring (bicyclic) bond motifs is 1. The van der Waals surface area contributed by atoms with Crippen LogP contribution in [0.4, 0.5) is 10.2 Å². The molecule has 0 aliphatic rings. The Morgan fingerprint density at radius 3 is 2.81 bits per heavy atom. The Labute approximate surface area is 125 Å². The zero-order valence-corrected chi connectivity index (χ0v) is 11.6. The first kappa shape index (κ1) is 13.6. The number of benzene rings is 2. The van der Waals surface area contributed by atoms with Crippen molar-refractivity contribution in [3.05, 3.63) is 59.1 Å². The summed E-state index contributed by atoms with van der Waals surface area (Å²) in [4.78, 5) is 8.34. The second-order valence-electron chi connectivity index (χ2n) is 4.52. The van der Waals surface area contributed by atoms with Crippen LogP contribution in [0.3, 0.4) is 0 Å². The summed E-state index contributed by atoms with van der Waals surface area (Å²) in [7, 11) is 0. The molecule has 1 aromatic heterocycles. The molecule has 2 N–H and O–H groups in total. The number of anilines is 1. The van der Waals surface area contributed by atoms with Crippen LogP contribution in [-0.4, -0.2) is 15.1 Å². The Morgan fingerprint density at radius 2 is 2.00 bits per heavy atom. The number of nitrogens with zero attached hydrogens (tertiary/aromatic N) is 2. The van der Waals surface area contributed by atoms with Gasteiger partial charge >= 0.3 is 0 Å². The van der Waals surface area contributed by atoms with E-state index >= 15 is 0 Å². The van der Waals surface area contributed by atoms with Gasteiger partial charge in [-0.3, -0.25) is 0 Å². The molecule has 2 aromatic carbocycles. The molecule has 106 valence electrons. The first-order valence-corrected chi connectivity index (χ1v) is 6.63. The molecule has 0 radical (unpaired) electrons. The van der Waals surface area contributed by atoms with Crippen molar-refractivity contribution >= 4 is 28.3 Å². The summed E-state index contributed by atoms with van der Waals surface area (Å²) in [5, 5.41) is 13.7. The molecule has 0 bridgehead atoms. The zero-order valence-electron chi connectivity index (χ0n) is 10.8. The summed E-state index contributed by atoms with van der Waals surface area (Å²) in [6, 6.07) is 9.60. The topological polar surface area (TPSA) is 58.0 Å². The number of hydrogen-bond acceptors (Lipinski definition) is 4. The van der Waals surface area contributed by atoms with Crippen molar-refractivity contribution in [3.63, 3.8) is 0 Å². The third-order valence-electron chi connectivity index (χ3n) is 3.07. The van der Waals surface area contributed by atoms with E-state index in [1.54, 1.807) is 18.2 Å². The summed E-state index contributed by atoms with van der Waals surface area (Å²) >= 11 is 5.93. The average Bonchev–Trinajstić information content (AvgIpc) is 2.48. The monoisotopic (exact) mass is 303 g/mol. The number of aromatic nitrogens is 2. The van der Waals surface area contributed by atoms with Gasteiger partial charge in [0.25, 0.3) is 0 Å². The molecule has 21 heavy (non-hydrogen) atoms. The fraction of sp³-hybridized carbons (Fsp3) is 0.0667. The molecule has 0 saturated heterocycles. The number of rotatable bonds is 3. The van der Waals surface area contributed by atoms with Crippen LogP contribution in [0.1, 0.15) is 5.56 Å². The van der Waals surface area contributed by atoms with Gasteiger partial charge in [0.2, 0.25) is 0 Å². The Kier molecular flexibility index (Phi) is 3.58. The normalized spacial score (nSPS) is 10.8. The Bertz CT molecular complexity index is 810. The number of phenolic OH excluding ortho intramolecular Hbond substituents is 1. The number of phenols is 1. The lowest BCUT2D eigenvalue weighted by molar-refractivity contribution is 0.432. The molecule has 0 saturated carbocycles. The lowest BCUT2D eigenvalue weighted by Crippen LogP contribution is -2.02. The number of hydrogen-bond donors (Lipinski definition) is 2. The van der Waals surface area contributed by atoms with Crippen LogP contribution in [0.5, 0.6) is 5.75 Å². The molecule has 0 amide bonds. The minimum atomic E-state index is -0.645. The van der Waals surface area contributed by atoms with Gasteiger partial charge in [0.1, 0.15) is 12.1 Å². The number of aromatic hydroxyl groups is 1. The van der Waals surface area contributed by atoms with Crippen molar-refractivity contribution in [2.75, 3.05) is 5.32 Å². The quantitative estimate of drug-likeness (QED) is 0.774. The minimum absolute atomic E-state index is 0.360. The van der Waals surface area contributed by atoms with E-state index in [-0.39, 0.29) is 5.75 Å². The summed E-state index contributed by atoms with van der Waals surface area (Å²) in [5.41, 5.74) is 1.43. The first-order valence-electron chi connectivity index (χ1n) is 6.25. The molecule has 3 aromatic rings. The molecule has 0 unspecified atom stereocenters. The molecular weight excluding hydrogens is 293 g/mol. The average molecular weight is 304 g/mol. The van der Waals surface area contributed by atoms with Crippen molar-refractivity contribution in [2.24, 2.45) is 0 Å². The van der Waals surface area contributed by atoms with Crippen molar-refractivity contribution < 1.29 is 9.50 Å². The fourth-order valence-corrected chi connectivity index (χ4v) is 2.18. The van der Waals surface area contributed by atoms with E-state index in [4.69, 9.17) is 16.7 Å². The fourth-order valence-electron chi connectivity index (χ4n) is 2.02. The minimum Gasteiger partial charge on any atom is -0.505 e. The first-order chi connectivity index (χ1) is 10.1. The smallest absolute Gasteiger partial charge is 0.165 e. The van der Waals surface area contributed by atoms with E-state index in [1.165, 1.54) is 18.5 Å². The van der Waals surface area contributed by atoms with Crippen molar-refractivity contribution in [1.82, 2.24) is 9.97 Å². The lowest BCUT2D eigenvalue weighted by atomic mass is 10.2. The predicted octanol–water partition coefficient (Wildman–Crippen LogP) is 3.74. The van der Waals surface area contributed by atoms with Gasteiger partial charge in [-0.25, -0.2) is 14.4 Å². The van der Waals surface area contributed by atoms with Crippen LogP contribution in [0.25, 0.3) is 10.9 Å². The summed E-state index contributed by atoms with van der Waals surface area (Å²) in [6.45, 7) is 0.381. The van der Waals surface area contributed by atoms with Crippen molar-refractivity contribution in [3.8, 4) is 5.75 Å². The Hall–Kier alpha value is -2.40. The van der Waals surface area contributed by atoms with Crippen LogP contribution in [0.2, 0.25) is 5.02 Å². The maximum atomic E-state index is 13.3. The zero-order chi connectivity index (χ0) is 14.8. The number of halogens is 2. The Morgan fingerprint density at radius 1 is 1.14 bits per heavy atom. The summed E-state index contributed by atoms with van der Waals surface area (Å²) in [6.07, 6.45) is 1.44. The molecule has 0 aliphatic heterocycles. The highest BCUT2D eigenvalue weighted by atomic mass is 35.5. The SMILES string of the molecule is Oc1ccc(CNc2ncnc3cc(Cl)ccc23)cc1F. The molecular formula is C15H11ClFN3O. The van der Waals surface area contributed by atoms with Gasteiger partial charge in [0, 0.05) is 17.0 Å². The van der Waals surface area contributed by atoms with Gasteiger partial charge in [-0.1, -0.05) is 17.7 Å². The van der Waals surface area contributed by atoms with Crippen molar-refractivity contribution in [1.29, 1.82) is 0 Å². The Balaban J connectivity index is 1.86. The van der Waals surface area contributed by atoms with Crippen LogP contribution >= 0.6 is 11.6 Å². The standard InChI is InChI=1S/C15H11ClFN3O/c16-10-2-3-11-13(6-10)19-8-20-15(11)18-7-9-1-4-14(21)12(17)5-9/h1-6,8,21H,7H2,(H,18,19,20). The maximum absolute atomic E-state index is 13.3. The lowest BCUT2D eigenvalue weighted by Gasteiger charge is -2.09. The van der Waals surface area contributed by atoms with E-state index < -0.39 is 5.82 Å². The van der Waals surface area contributed by atoms with E-state index in [9.17, 15) is 4.39 Å². The number of nitrogens with one attached hydrogen (secondary N) is 1. The molecule has 0 fully saturated rings. The van der Waals surface area contributed by atoms with Crippen LogP contribution < -0.4 is 5.32 Å². The van der Waals surface area contributed by atoms with E-state index in [0.29, 0.717) is 22.9 Å². The second-order valence-corrected chi connectivity index (χ2v) is 4.96. The van der Waals surface area contributed by atoms with Gasteiger partial charge in [0.05, 0.1) is 5.52 Å². The van der Waals surface area contributed by atoms with E-state index in [2.05, 4.69) is 15.3 Å². The third-order valence-corrected chi connectivity index (χ3v) is 3.31. The third kappa shape index (κ3) is 2.87. The van der Waals surface area contributed by atoms with E-state index in [0.717, 1.165) is 10.9 Å². The maximum Gasteiger partial charge on any atom is 0.165 e. The van der Waals surface area contributed by atoms with Gasteiger partial charge in [0.15, 0.2) is 11.6 Å². The van der Waals surface area contributed by atoms with Crippen molar-refractivity contribution in [2.45, 2.75) is 6.54 Å². The summed E-state index contributed by atoms with van der Waals surface area (Å²) < 4.78 is 13.3. The van der Waals surface area contributed by atoms with E-state index in [1.807, 2.05) is 6.07 Å². The van der Waals surface area contributed by atoms with Crippen LogP contribution in [-0.2, 0) is 6.54 Å². The molecule has 0 atom stereocenters. The van der Waals surface area contributed by atoms with Gasteiger partial charge < -0.3 is 10.4 Å². The molecule has 3 rings (SSSR count). The second kappa shape index (κ2) is 5.54. The molecule has 6 heteroatoms. The largest absolute Gasteiger partial charge is 0.505 e. The highest BCUT2D eigenvalue weighted by Gasteiger charge is 2.05. The molecule has 0 aliphatic carbocycles. The molecule has 4 nitrogen and oxygen atoms in total. The van der Waals surface area contributed by atoms with Crippen LogP contribution in [0, 0.1) is 5.82 Å². The molecule has 1 heterocycles. The van der Waals surface area contributed by atoms with Crippen LogP contribution in [0.15, 0.2) is 42.7 Å². The van der Waals surface area contributed by atoms with Gasteiger partial charge in [-0.05, 0) is 35.9 Å². The highest BCUT2D eigenvalue weighted by Crippen LogP contribution is 2.23.